The van der Waals surface area contributed by atoms with Crippen molar-refractivity contribution >= 4 is 6.09 Å². The molecular formula is C17H24N2O2. The topological polar surface area (TPSA) is 53.3 Å². The maximum absolute atomic E-state index is 12.4. The Bertz CT molecular complexity index is 496. The molecule has 4 atom stereocenters. The third-order valence-corrected chi connectivity index (χ3v) is 4.06. The minimum atomic E-state index is -0.514. The van der Waals surface area contributed by atoms with E-state index in [2.05, 4.69) is 25.1 Å². The molecule has 114 valence electrons. The molecule has 0 aromatic rings. The number of hydrogen-bond donors (Lipinski definition) is 0. The third-order valence-electron chi connectivity index (χ3n) is 4.06. The zero-order valence-corrected chi connectivity index (χ0v) is 13.2. The number of ether oxygens (including phenoxy) is 1. The first-order valence-corrected chi connectivity index (χ1v) is 7.56. The molecule has 1 saturated heterocycles. The van der Waals surface area contributed by atoms with Crippen LogP contribution in [0.3, 0.4) is 0 Å². The fourth-order valence-corrected chi connectivity index (χ4v) is 3.07. The SMILES string of the molecule is CC1C=CC=CC1[C@@H]1C[C@@H](C#N)CN1C(=O)OC(C)(C)C. The number of carbonyl (C=O) groups excluding carboxylic acids is 1. The molecule has 0 radical (unpaired) electrons. The first-order valence-electron chi connectivity index (χ1n) is 7.56. The van der Waals surface area contributed by atoms with Crippen molar-refractivity contribution in [3.05, 3.63) is 24.3 Å². The number of hydrogen-bond acceptors (Lipinski definition) is 3. The molecule has 2 unspecified atom stereocenters. The quantitative estimate of drug-likeness (QED) is 0.742. The molecular weight excluding hydrogens is 264 g/mol. The highest BCUT2D eigenvalue weighted by molar-refractivity contribution is 5.69. The summed E-state index contributed by atoms with van der Waals surface area (Å²) in [4.78, 5) is 14.2. The van der Waals surface area contributed by atoms with Crippen molar-refractivity contribution in [2.45, 2.75) is 45.8 Å². The summed E-state index contributed by atoms with van der Waals surface area (Å²) in [5.41, 5.74) is -0.514. The van der Waals surface area contributed by atoms with Gasteiger partial charge in [-0.15, -0.1) is 0 Å². The van der Waals surface area contributed by atoms with E-state index < -0.39 is 5.60 Å². The molecule has 1 aliphatic heterocycles. The maximum Gasteiger partial charge on any atom is 0.410 e. The molecule has 1 heterocycles. The van der Waals surface area contributed by atoms with Gasteiger partial charge in [-0.2, -0.15) is 5.26 Å². The van der Waals surface area contributed by atoms with E-state index in [-0.39, 0.29) is 24.0 Å². The van der Waals surface area contributed by atoms with Crippen LogP contribution in [-0.2, 0) is 4.74 Å². The van der Waals surface area contributed by atoms with Gasteiger partial charge in [0.2, 0.25) is 0 Å². The van der Waals surface area contributed by atoms with Crippen LogP contribution >= 0.6 is 0 Å². The van der Waals surface area contributed by atoms with Gasteiger partial charge in [-0.3, -0.25) is 0 Å². The molecule has 4 nitrogen and oxygen atoms in total. The number of nitriles is 1. The predicted molar refractivity (Wildman–Crippen MR) is 81.4 cm³/mol. The second-order valence-corrected chi connectivity index (χ2v) is 6.97. The molecule has 2 rings (SSSR count). The second kappa shape index (κ2) is 5.93. The third kappa shape index (κ3) is 3.66. The fraction of sp³-hybridized carbons (Fsp3) is 0.647. The molecule has 0 aromatic heterocycles. The Morgan fingerprint density at radius 2 is 2.00 bits per heavy atom. The number of carbonyl (C=O) groups is 1. The number of allylic oxidation sites excluding steroid dienone is 3. The molecule has 0 saturated carbocycles. The Labute approximate surface area is 127 Å². The van der Waals surface area contributed by atoms with Crippen molar-refractivity contribution < 1.29 is 9.53 Å². The van der Waals surface area contributed by atoms with Gasteiger partial charge < -0.3 is 9.64 Å². The summed E-state index contributed by atoms with van der Waals surface area (Å²) in [5.74, 6) is 0.511. The van der Waals surface area contributed by atoms with Crippen LogP contribution in [0.15, 0.2) is 24.3 Å². The zero-order valence-electron chi connectivity index (χ0n) is 13.2. The fourth-order valence-electron chi connectivity index (χ4n) is 3.07. The summed E-state index contributed by atoms with van der Waals surface area (Å²) < 4.78 is 5.51. The lowest BCUT2D eigenvalue weighted by atomic mass is 9.82. The summed E-state index contributed by atoms with van der Waals surface area (Å²) >= 11 is 0. The number of nitrogens with zero attached hydrogens (tertiary/aromatic N) is 2. The van der Waals surface area contributed by atoms with Crippen LogP contribution in [-0.4, -0.2) is 29.2 Å². The van der Waals surface area contributed by atoms with Crippen molar-refractivity contribution in [2.24, 2.45) is 17.8 Å². The lowest BCUT2D eigenvalue weighted by molar-refractivity contribution is 0.0180. The average molecular weight is 288 g/mol. The smallest absolute Gasteiger partial charge is 0.410 e. The van der Waals surface area contributed by atoms with Crippen molar-refractivity contribution in [2.75, 3.05) is 6.54 Å². The van der Waals surface area contributed by atoms with Gasteiger partial charge in [0.05, 0.1) is 12.0 Å². The van der Waals surface area contributed by atoms with Crippen LogP contribution in [0.2, 0.25) is 0 Å². The standard InChI is InChI=1S/C17H24N2O2/c1-12-7-5-6-8-14(12)15-9-13(10-18)11-19(15)16(20)21-17(2,3)4/h5-8,12-15H,9,11H2,1-4H3/t12?,13-,14?,15-/m0/s1. The monoisotopic (exact) mass is 288 g/mol. The van der Waals surface area contributed by atoms with E-state index >= 15 is 0 Å². The molecule has 0 aromatic carbocycles. The van der Waals surface area contributed by atoms with Gasteiger partial charge in [0.25, 0.3) is 0 Å². The molecule has 2 aliphatic rings. The molecule has 21 heavy (non-hydrogen) atoms. The average Bonchev–Trinajstić information content (AvgIpc) is 2.81. The Morgan fingerprint density at radius 3 is 2.57 bits per heavy atom. The van der Waals surface area contributed by atoms with Crippen molar-refractivity contribution in [3.8, 4) is 6.07 Å². The van der Waals surface area contributed by atoms with Gasteiger partial charge in [-0.25, -0.2) is 4.79 Å². The van der Waals surface area contributed by atoms with E-state index in [9.17, 15) is 10.1 Å². The summed E-state index contributed by atoms with van der Waals surface area (Å²) in [6, 6.07) is 2.35. The molecule has 1 amide bonds. The summed E-state index contributed by atoms with van der Waals surface area (Å²) in [6.45, 7) is 8.21. The van der Waals surface area contributed by atoms with Gasteiger partial charge in [-0.1, -0.05) is 31.2 Å². The minimum Gasteiger partial charge on any atom is -0.444 e. The zero-order chi connectivity index (χ0) is 15.6. The Hall–Kier alpha value is -1.76. The minimum absolute atomic E-state index is 0.0423. The molecule has 1 aliphatic carbocycles. The van der Waals surface area contributed by atoms with Crippen molar-refractivity contribution in [1.82, 2.24) is 4.90 Å². The van der Waals surface area contributed by atoms with Gasteiger partial charge in [-0.05, 0) is 33.1 Å². The van der Waals surface area contributed by atoms with E-state index in [4.69, 9.17) is 4.74 Å². The maximum atomic E-state index is 12.4. The van der Waals surface area contributed by atoms with E-state index in [0.717, 1.165) is 6.42 Å². The van der Waals surface area contributed by atoms with E-state index in [0.29, 0.717) is 12.5 Å². The Balaban J connectivity index is 2.17. The number of likely N-dealkylation sites (tertiary alicyclic amines) is 1. The van der Waals surface area contributed by atoms with Gasteiger partial charge >= 0.3 is 6.09 Å². The Morgan fingerprint density at radius 1 is 1.33 bits per heavy atom. The lowest BCUT2D eigenvalue weighted by Gasteiger charge is -2.34. The molecule has 0 N–H and O–H groups in total. The second-order valence-electron chi connectivity index (χ2n) is 6.97. The predicted octanol–water partition coefficient (Wildman–Crippen LogP) is 3.51. The first kappa shape index (κ1) is 15.6. The van der Waals surface area contributed by atoms with Crippen LogP contribution in [0, 0.1) is 29.1 Å². The van der Waals surface area contributed by atoms with Crippen LogP contribution in [0.1, 0.15) is 34.1 Å². The molecule has 0 spiro atoms. The van der Waals surface area contributed by atoms with Gasteiger partial charge in [0.15, 0.2) is 0 Å². The summed E-state index contributed by atoms with van der Waals surface area (Å²) in [7, 11) is 0. The number of rotatable bonds is 1. The van der Waals surface area contributed by atoms with Crippen LogP contribution in [0.5, 0.6) is 0 Å². The van der Waals surface area contributed by atoms with Gasteiger partial charge in [0, 0.05) is 18.5 Å². The molecule has 4 heteroatoms. The highest BCUT2D eigenvalue weighted by Gasteiger charge is 2.42. The van der Waals surface area contributed by atoms with Crippen LogP contribution in [0.25, 0.3) is 0 Å². The normalized spacial score (nSPS) is 32.0. The largest absolute Gasteiger partial charge is 0.444 e. The Kier molecular flexibility index (Phi) is 4.41. The van der Waals surface area contributed by atoms with Crippen LogP contribution < -0.4 is 0 Å². The summed E-state index contributed by atoms with van der Waals surface area (Å²) in [6.07, 6.45) is 8.78. The summed E-state index contributed by atoms with van der Waals surface area (Å²) in [5, 5.41) is 9.22. The highest BCUT2D eigenvalue weighted by Crippen LogP contribution is 2.35. The highest BCUT2D eigenvalue weighted by atomic mass is 16.6. The van der Waals surface area contributed by atoms with Crippen LogP contribution in [0.4, 0.5) is 4.79 Å². The number of amides is 1. The first-order chi connectivity index (χ1) is 9.81. The van der Waals surface area contributed by atoms with Gasteiger partial charge in [0.1, 0.15) is 5.60 Å². The molecule has 0 bridgehead atoms. The van der Waals surface area contributed by atoms with E-state index in [1.54, 1.807) is 4.90 Å². The lowest BCUT2D eigenvalue weighted by Crippen LogP contribution is -2.44. The van der Waals surface area contributed by atoms with E-state index in [1.807, 2.05) is 32.9 Å². The van der Waals surface area contributed by atoms with Crippen molar-refractivity contribution in [1.29, 1.82) is 5.26 Å². The molecule has 1 fully saturated rings. The van der Waals surface area contributed by atoms with E-state index in [1.165, 1.54) is 0 Å². The van der Waals surface area contributed by atoms with Crippen molar-refractivity contribution in [3.63, 3.8) is 0 Å².